The van der Waals surface area contributed by atoms with Gasteiger partial charge in [-0.15, -0.1) is 0 Å². The fourth-order valence-corrected chi connectivity index (χ4v) is 9.51. The molecule has 3 fully saturated rings. The van der Waals surface area contributed by atoms with Gasteiger partial charge in [0.15, 0.2) is 5.75 Å². The summed E-state index contributed by atoms with van der Waals surface area (Å²) in [6.45, 7) is 5.17. The van der Waals surface area contributed by atoms with Crippen molar-refractivity contribution in [3.05, 3.63) is 36.5 Å². The van der Waals surface area contributed by atoms with E-state index in [1.54, 1.807) is 6.20 Å². The summed E-state index contributed by atoms with van der Waals surface area (Å²) in [6.07, 6.45) is 6.97. The Morgan fingerprint density at radius 3 is 2.68 bits per heavy atom. The molecule has 286 valence electrons. The molecule has 1 aromatic carbocycles. The number of anilines is 1. The molecule has 7 atom stereocenters. The standard InChI is InChI=1S/C37H48N6O9S/c1-4-22-17-21(2)7-5-6-8-23-19-37(23,35(46)41-53(49,50)25-9-10-25)40-32(44)29-18-24(20-43(29)34(45)30(22)39-36(47)48)52-33-27-11-12-28-31(26(27)13-14-38-33)51-16-15-42(28)3/h6,8,11-14,21-25,29-30,39H,4-5,7,9-10,15-20H2,1-3H3,(H,40,44)(H,41,46)(H,47,48)/t21-,22-,23-,24-,29+,30+,37-/m1/s1. The predicted octanol–water partition coefficient (Wildman–Crippen LogP) is 2.93. The number of hydrogen-bond acceptors (Lipinski definition) is 10. The van der Waals surface area contributed by atoms with E-state index in [1.807, 2.05) is 44.3 Å². The topological polar surface area (TPSA) is 197 Å². The zero-order valence-corrected chi connectivity index (χ0v) is 31.1. The first-order chi connectivity index (χ1) is 25.3. The molecule has 0 spiro atoms. The van der Waals surface area contributed by atoms with Crippen LogP contribution < -0.4 is 29.7 Å². The van der Waals surface area contributed by atoms with Gasteiger partial charge in [0.05, 0.1) is 24.0 Å². The SMILES string of the molecule is CC[C@@H]1C[C@H](C)CCC=C[C@@H]2C[C@@]2(C(=O)NS(=O)(=O)C2CC2)NC(=O)[C@@H]2C[C@@H](Oc3nccc4c5c(ccc34)N(C)CCO5)CN2C(=O)[C@H]1NC(=O)O. The highest BCUT2D eigenvalue weighted by atomic mass is 32.2. The van der Waals surface area contributed by atoms with Crippen LogP contribution in [0.1, 0.15) is 65.2 Å². The Hall–Kier alpha value is -4.60. The Kier molecular flexibility index (Phi) is 9.93. The van der Waals surface area contributed by atoms with E-state index in [1.165, 1.54) is 4.90 Å². The summed E-state index contributed by atoms with van der Waals surface area (Å²) >= 11 is 0. The fraction of sp³-hybridized carbons (Fsp3) is 0.595. The molecular formula is C37H48N6O9S. The van der Waals surface area contributed by atoms with Gasteiger partial charge in [0.2, 0.25) is 27.7 Å². The minimum absolute atomic E-state index is 0.0192. The highest BCUT2D eigenvalue weighted by Crippen LogP contribution is 2.46. The number of allylic oxidation sites excluding steroid dienone is 1. The van der Waals surface area contributed by atoms with E-state index in [0.29, 0.717) is 49.8 Å². The third-order valence-electron chi connectivity index (χ3n) is 11.5. The summed E-state index contributed by atoms with van der Waals surface area (Å²) in [5.41, 5.74) is -0.592. The number of pyridine rings is 1. The first kappa shape index (κ1) is 36.7. The Morgan fingerprint density at radius 1 is 1.15 bits per heavy atom. The van der Waals surface area contributed by atoms with Gasteiger partial charge in [-0.25, -0.2) is 18.2 Å². The van der Waals surface area contributed by atoms with Crippen molar-refractivity contribution in [2.24, 2.45) is 17.8 Å². The van der Waals surface area contributed by atoms with Gasteiger partial charge in [0, 0.05) is 36.4 Å². The van der Waals surface area contributed by atoms with Crippen molar-refractivity contribution in [3.63, 3.8) is 0 Å². The molecule has 0 bridgehead atoms. The maximum atomic E-state index is 14.6. The monoisotopic (exact) mass is 752 g/mol. The van der Waals surface area contributed by atoms with E-state index in [2.05, 4.69) is 32.2 Å². The summed E-state index contributed by atoms with van der Waals surface area (Å²) in [7, 11) is -1.91. The first-order valence-corrected chi connectivity index (χ1v) is 20.1. The van der Waals surface area contributed by atoms with Crippen molar-refractivity contribution in [3.8, 4) is 11.6 Å². The molecule has 0 radical (unpaired) electrons. The van der Waals surface area contributed by atoms with Crippen LogP contribution in [0.3, 0.4) is 0 Å². The maximum Gasteiger partial charge on any atom is 0.405 e. The summed E-state index contributed by atoms with van der Waals surface area (Å²) in [5.74, 6) is -1.69. The van der Waals surface area contributed by atoms with Gasteiger partial charge in [-0.1, -0.05) is 32.4 Å². The predicted molar refractivity (Wildman–Crippen MR) is 195 cm³/mol. The van der Waals surface area contributed by atoms with E-state index in [9.17, 15) is 32.7 Å². The highest BCUT2D eigenvalue weighted by molar-refractivity contribution is 7.91. The second-order valence-corrected chi connectivity index (χ2v) is 17.2. The van der Waals surface area contributed by atoms with Crippen molar-refractivity contribution in [2.75, 3.05) is 31.6 Å². The number of aromatic nitrogens is 1. The minimum atomic E-state index is -3.90. The molecule has 4 N–H and O–H groups in total. The van der Waals surface area contributed by atoms with Gasteiger partial charge in [0.25, 0.3) is 5.91 Å². The number of rotatable bonds is 7. The van der Waals surface area contributed by atoms with Crippen LogP contribution in [-0.4, -0.2) is 103 Å². The van der Waals surface area contributed by atoms with Crippen LogP contribution in [0.25, 0.3) is 10.8 Å². The molecule has 7 rings (SSSR count). The first-order valence-electron chi connectivity index (χ1n) is 18.6. The maximum absolute atomic E-state index is 14.6. The number of benzene rings is 1. The third-order valence-corrected chi connectivity index (χ3v) is 13.3. The molecule has 16 heteroatoms. The van der Waals surface area contributed by atoms with Crippen LogP contribution in [0.15, 0.2) is 36.5 Å². The number of fused-ring (bicyclic) bond motifs is 5. The number of carbonyl (C=O) groups excluding carboxylic acids is 3. The Morgan fingerprint density at radius 2 is 1.94 bits per heavy atom. The van der Waals surface area contributed by atoms with E-state index < -0.39 is 68.7 Å². The average Bonchev–Trinajstić information content (AvgIpc) is 4.05. The molecule has 53 heavy (non-hydrogen) atoms. The Balaban J connectivity index is 1.22. The molecule has 2 saturated carbocycles. The second kappa shape index (κ2) is 14.3. The number of ether oxygens (including phenoxy) is 2. The van der Waals surface area contributed by atoms with E-state index in [4.69, 9.17) is 9.47 Å². The summed E-state index contributed by atoms with van der Waals surface area (Å²) < 4.78 is 40.4. The molecular weight excluding hydrogens is 705 g/mol. The van der Waals surface area contributed by atoms with Gasteiger partial charge in [0.1, 0.15) is 30.3 Å². The third kappa shape index (κ3) is 7.34. The smallest absolute Gasteiger partial charge is 0.405 e. The average molecular weight is 753 g/mol. The molecule has 2 aliphatic carbocycles. The number of carbonyl (C=O) groups is 4. The van der Waals surface area contributed by atoms with Crippen molar-refractivity contribution in [1.82, 2.24) is 25.2 Å². The number of hydrogen-bond donors (Lipinski definition) is 4. The number of amides is 4. The zero-order valence-electron chi connectivity index (χ0n) is 30.2. The van der Waals surface area contributed by atoms with Crippen LogP contribution >= 0.6 is 0 Å². The minimum Gasteiger partial charge on any atom is -0.489 e. The highest BCUT2D eigenvalue weighted by Gasteiger charge is 2.62. The summed E-state index contributed by atoms with van der Waals surface area (Å²) in [6, 6.07) is 3.38. The molecule has 4 heterocycles. The quantitative estimate of drug-likeness (QED) is 0.304. The van der Waals surface area contributed by atoms with Crippen LogP contribution in [-0.2, 0) is 24.4 Å². The fourth-order valence-electron chi connectivity index (χ4n) is 8.15. The largest absolute Gasteiger partial charge is 0.489 e. The van der Waals surface area contributed by atoms with Crippen LogP contribution in [0.4, 0.5) is 10.5 Å². The lowest BCUT2D eigenvalue weighted by Gasteiger charge is -2.33. The zero-order chi connectivity index (χ0) is 37.7. The molecule has 3 aliphatic heterocycles. The number of carboxylic acid groups (broad SMARTS) is 1. The van der Waals surface area contributed by atoms with Crippen LogP contribution in [0.2, 0.25) is 0 Å². The molecule has 0 unspecified atom stereocenters. The lowest BCUT2D eigenvalue weighted by Crippen LogP contribution is -2.59. The second-order valence-electron chi connectivity index (χ2n) is 15.3. The lowest BCUT2D eigenvalue weighted by molar-refractivity contribution is -0.142. The molecule has 1 saturated heterocycles. The van der Waals surface area contributed by atoms with Crippen molar-refractivity contribution < 1.29 is 42.2 Å². The van der Waals surface area contributed by atoms with Gasteiger partial charge in [-0.05, 0) is 68.6 Å². The molecule has 15 nitrogen and oxygen atoms in total. The van der Waals surface area contributed by atoms with Crippen molar-refractivity contribution in [2.45, 2.75) is 94.2 Å². The van der Waals surface area contributed by atoms with Crippen molar-refractivity contribution >= 4 is 50.3 Å². The molecule has 2 aromatic rings. The van der Waals surface area contributed by atoms with E-state index >= 15 is 0 Å². The lowest BCUT2D eigenvalue weighted by atomic mass is 9.85. The molecule has 4 amide bonds. The normalized spacial score (nSPS) is 30.5. The van der Waals surface area contributed by atoms with E-state index in [0.717, 1.165) is 24.0 Å². The van der Waals surface area contributed by atoms with Gasteiger partial charge in [-0.3, -0.25) is 19.1 Å². The summed E-state index contributed by atoms with van der Waals surface area (Å²) in [5, 5.41) is 16.0. The number of likely N-dealkylation sites (N-methyl/N-ethyl adjacent to an activating group) is 1. The Bertz CT molecular complexity index is 1940. The van der Waals surface area contributed by atoms with Gasteiger partial charge >= 0.3 is 6.09 Å². The summed E-state index contributed by atoms with van der Waals surface area (Å²) in [4.78, 5) is 62.7. The number of nitrogens with zero attached hydrogens (tertiary/aromatic N) is 3. The Labute approximate surface area is 308 Å². The van der Waals surface area contributed by atoms with Gasteiger partial charge in [-0.2, -0.15) is 0 Å². The van der Waals surface area contributed by atoms with Crippen molar-refractivity contribution in [1.29, 1.82) is 0 Å². The van der Waals surface area contributed by atoms with Crippen LogP contribution in [0.5, 0.6) is 11.6 Å². The molecule has 1 aromatic heterocycles. The van der Waals surface area contributed by atoms with Gasteiger partial charge < -0.3 is 35.0 Å². The number of nitrogens with one attached hydrogen (secondary N) is 3. The van der Waals surface area contributed by atoms with E-state index in [-0.39, 0.29) is 37.1 Å². The van der Waals surface area contributed by atoms with Crippen LogP contribution in [0, 0.1) is 17.8 Å². The number of sulfonamides is 1. The molecule has 5 aliphatic rings.